The van der Waals surface area contributed by atoms with E-state index in [0.29, 0.717) is 32.8 Å². The van der Waals surface area contributed by atoms with Crippen LogP contribution in [0, 0.1) is 0 Å². The van der Waals surface area contributed by atoms with Crippen LogP contribution in [0.2, 0.25) is 0 Å². The molecule has 0 aromatic heterocycles. The lowest BCUT2D eigenvalue weighted by atomic mass is 10.5. The summed E-state index contributed by atoms with van der Waals surface area (Å²) in [6.07, 6.45) is 0.238. The molecule has 0 aliphatic rings. The van der Waals surface area contributed by atoms with Crippen molar-refractivity contribution < 1.29 is 14.3 Å². The fourth-order valence-electron chi connectivity index (χ4n) is 0.924. The summed E-state index contributed by atoms with van der Waals surface area (Å²) in [7, 11) is 1.60. The van der Waals surface area contributed by atoms with Crippen LogP contribution in [0.1, 0.15) is 13.8 Å². The van der Waals surface area contributed by atoms with E-state index in [1.807, 2.05) is 13.8 Å². The zero-order valence-electron chi connectivity index (χ0n) is 9.84. The minimum absolute atomic E-state index is 0.0170. The quantitative estimate of drug-likeness (QED) is 0.525. The van der Waals surface area contributed by atoms with E-state index in [2.05, 4.69) is 10.6 Å². The lowest BCUT2D eigenvalue weighted by Crippen LogP contribution is -2.36. The normalized spacial score (nSPS) is 10.7. The second kappa shape index (κ2) is 9.89. The van der Waals surface area contributed by atoms with E-state index in [-0.39, 0.29) is 12.0 Å². The Hall–Kier alpha value is -0.650. The van der Waals surface area contributed by atoms with Crippen LogP contribution in [0.3, 0.4) is 0 Å². The smallest absolute Gasteiger partial charge is 0.234 e. The van der Waals surface area contributed by atoms with Gasteiger partial charge < -0.3 is 20.1 Å². The minimum Gasteiger partial charge on any atom is -0.383 e. The molecule has 0 unspecified atom stereocenters. The number of hydrogen-bond acceptors (Lipinski definition) is 4. The number of carbonyl (C=O) groups excluding carboxylic acids is 1. The third kappa shape index (κ3) is 11.3. The zero-order chi connectivity index (χ0) is 11.5. The highest BCUT2D eigenvalue weighted by molar-refractivity contribution is 5.77. The second-order valence-electron chi connectivity index (χ2n) is 3.44. The highest BCUT2D eigenvalue weighted by atomic mass is 16.5. The topological polar surface area (TPSA) is 59.6 Å². The van der Waals surface area contributed by atoms with Crippen LogP contribution in [0.4, 0.5) is 0 Å². The Kier molecular flexibility index (Phi) is 9.46. The molecule has 0 aromatic rings. The molecule has 0 heterocycles. The predicted molar refractivity (Wildman–Crippen MR) is 58.8 cm³/mol. The van der Waals surface area contributed by atoms with Gasteiger partial charge in [0, 0.05) is 20.2 Å². The molecule has 0 atom stereocenters. The fourth-order valence-corrected chi connectivity index (χ4v) is 0.924. The SMILES string of the molecule is COCCNC(=O)CNCCOC(C)C. The molecule has 0 bridgehead atoms. The predicted octanol–water partition coefficient (Wildman–Crippen LogP) is -0.236. The van der Waals surface area contributed by atoms with Crippen LogP contribution in [-0.4, -0.2) is 52.0 Å². The van der Waals surface area contributed by atoms with Crippen LogP contribution in [-0.2, 0) is 14.3 Å². The maximum absolute atomic E-state index is 11.1. The van der Waals surface area contributed by atoms with E-state index < -0.39 is 0 Å². The monoisotopic (exact) mass is 218 g/mol. The molecule has 0 aliphatic carbocycles. The van der Waals surface area contributed by atoms with Crippen LogP contribution in [0.25, 0.3) is 0 Å². The van der Waals surface area contributed by atoms with Crippen molar-refractivity contribution in [1.29, 1.82) is 0 Å². The van der Waals surface area contributed by atoms with E-state index in [9.17, 15) is 4.79 Å². The van der Waals surface area contributed by atoms with Gasteiger partial charge in [-0.25, -0.2) is 0 Å². The van der Waals surface area contributed by atoms with E-state index >= 15 is 0 Å². The standard InChI is InChI=1S/C10H22N2O3/c1-9(2)15-7-4-11-8-10(13)12-5-6-14-3/h9,11H,4-8H2,1-3H3,(H,12,13). The molecule has 1 amide bonds. The Labute approximate surface area is 91.5 Å². The van der Waals surface area contributed by atoms with Gasteiger partial charge in [0.25, 0.3) is 0 Å². The highest BCUT2D eigenvalue weighted by Gasteiger charge is 1.99. The summed E-state index contributed by atoms with van der Waals surface area (Å²) in [5.41, 5.74) is 0. The number of nitrogens with one attached hydrogen (secondary N) is 2. The number of amides is 1. The largest absolute Gasteiger partial charge is 0.383 e. The first-order valence-corrected chi connectivity index (χ1v) is 5.24. The van der Waals surface area contributed by atoms with E-state index in [1.165, 1.54) is 0 Å². The van der Waals surface area contributed by atoms with Gasteiger partial charge in [0.05, 0.1) is 25.9 Å². The van der Waals surface area contributed by atoms with Gasteiger partial charge in [0.15, 0.2) is 0 Å². The van der Waals surface area contributed by atoms with Gasteiger partial charge in [-0.15, -0.1) is 0 Å². The maximum atomic E-state index is 11.1. The summed E-state index contributed by atoms with van der Waals surface area (Å²) in [6.45, 7) is 6.71. The molecule has 90 valence electrons. The first-order chi connectivity index (χ1) is 7.16. The Morgan fingerprint density at radius 1 is 1.27 bits per heavy atom. The highest BCUT2D eigenvalue weighted by Crippen LogP contribution is 1.84. The average molecular weight is 218 g/mol. The summed E-state index contributed by atoms with van der Waals surface area (Å²) in [5, 5.41) is 5.71. The first-order valence-electron chi connectivity index (χ1n) is 5.24. The summed E-state index contributed by atoms with van der Waals surface area (Å²) in [6, 6.07) is 0. The molecule has 0 aliphatic heterocycles. The van der Waals surface area contributed by atoms with Gasteiger partial charge in [-0.3, -0.25) is 4.79 Å². The number of ether oxygens (including phenoxy) is 2. The van der Waals surface area contributed by atoms with E-state index in [0.717, 1.165) is 0 Å². The minimum atomic E-state index is -0.0170. The second-order valence-corrected chi connectivity index (χ2v) is 3.44. The summed E-state index contributed by atoms with van der Waals surface area (Å²) < 4.78 is 10.1. The van der Waals surface area contributed by atoms with Gasteiger partial charge in [0.2, 0.25) is 5.91 Å². The Morgan fingerprint density at radius 2 is 2.00 bits per heavy atom. The average Bonchev–Trinajstić information content (AvgIpc) is 2.17. The lowest BCUT2D eigenvalue weighted by Gasteiger charge is -2.08. The Bertz CT molecular complexity index is 163. The Balaban J connectivity index is 3.17. The third-order valence-corrected chi connectivity index (χ3v) is 1.64. The van der Waals surface area contributed by atoms with Crippen molar-refractivity contribution in [2.45, 2.75) is 20.0 Å². The molecule has 0 fully saturated rings. The summed E-state index contributed by atoms with van der Waals surface area (Å²) in [4.78, 5) is 11.1. The Morgan fingerprint density at radius 3 is 2.60 bits per heavy atom. The number of hydrogen-bond donors (Lipinski definition) is 2. The molecule has 0 radical (unpaired) electrons. The number of rotatable bonds is 9. The molecular formula is C10H22N2O3. The number of methoxy groups -OCH3 is 1. The summed E-state index contributed by atoms with van der Waals surface area (Å²) >= 11 is 0. The molecule has 0 aromatic carbocycles. The van der Waals surface area contributed by atoms with Gasteiger partial charge in [0.1, 0.15) is 0 Å². The molecular weight excluding hydrogens is 196 g/mol. The molecule has 0 saturated carbocycles. The lowest BCUT2D eigenvalue weighted by molar-refractivity contribution is -0.120. The summed E-state index contributed by atoms with van der Waals surface area (Å²) in [5.74, 6) is -0.0170. The molecule has 0 rings (SSSR count). The first kappa shape index (κ1) is 14.3. The number of carbonyl (C=O) groups is 1. The van der Waals surface area contributed by atoms with Gasteiger partial charge in [-0.2, -0.15) is 0 Å². The molecule has 0 saturated heterocycles. The van der Waals surface area contributed by atoms with Crippen molar-refractivity contribution in [3.63, 3.8) is 0 Å². The fraction of sp³-hybridized carbons (Fsp3) is 0.900. The van der Waals surface area contributed by atoms with E-state index in [1.54, 1.807) is 7.11 Å². The molecule has 2 N–H and O–H groups in total. The van der Waals surface area contributed by atoms with Gasteiger partial charge in [-0.1, -0.05) is 0 Å². The van der Waals surface area contributed by atoms with Crippen molar-refractivity contribution in [3.8, 4) is 0 Å². The van der Waals surface area contributed by atoms with Crippen LogP contribution < -0.4 is 10.6 Å². The third-order valence-electron chi connectivity index (χ3n) is 1.64. The zero-order valence-corrected chi connectivity index (χ0v) is 9.84. The maximum Gasteiger partial charge on any atom is 0.234 e. The molecule has 15 heavy (non-hydrogen) atoms. The van der Waals surface area contributed by atoms with Crippen LogP contribution in [0.5, 0.6) is 0 Å². The van der Waals surface area contributed by atoms with Crippen molar-refractivity contribution in [2.24, 2.45) is 0 Å². The van der Waals surface area contributed by atoms with Crippen molar-refractivity contribution in [3.05, 3.63) is 0 Å². The van der Waals surface area contributed by atoms with Gasteiger partial charge >= 0.3 is 0 Å². The van der Waals surface area contributed by atoms with Crippen molar-refractivity contribution in [1.82, 2.24) is 10.6 Å². The molecule has 5 heteroatoms. The molecule has 5 nitrogen and oxygen atoms in total. The van der Waals surface area contributed by atoms with E-state index in [4.69, 9.17) is 9.47 Å². The van der Waals surface area contributed by atoms with Crippen LogP contribution in [0.15, 0.2) is 0 Å². The molecule has 0 spiro atoms. The van der Waals surface area contributed by atoms with Crippen molar-refractivity contribution in [2.75, 3.05) is 40.0 Å². The van der Waals surface area contributed by atoms with Crippen LogP contribution >= 0.6 is 0 Å². The van der Waals surface area contributed by atoms with Crippen molar-refractivity contribution >= 4 is 5.91 Å². The van der Waals surface area contributed by atoms with Gasteiger partial charge in [-0.05, 0) is 13.8 Å².